The van der Waals surface area contributed by atoms with E-state index in [-0.39, 0.29) is 0 Å². The zero-order chi connectivity index (χ0) is 20.8. The quantitative estimate of drug-likeness (QED) is 0.233. The van der Waals surface area contributed by atoms with Crippen molar-refractivity contribution in [2.45, 2.75) is 6.42 Å². The first kappa shape index (κ1) is 20.1. The van der Waals surface area contributed by atoms with Crippen molar-refractivity contribution in [1.29, 1.82) is 0 Å². The van der Waals surface area contributed by atoms with Crippen LogP contribution >= 0.6 is 11.3 Å². The summed E-state index contributed by atoms with van der Waals surface area (Å²) in [6.07, 6.45) is 9.57. The van der Waals surface area contributed by atoms with Gasteiger partial charge in [0.05, 0.1) is 0 Å². The summed E-state index contributed by atoms with van der Waals surface area (Å²) in [5, 5.41) is 1.34. The van der Waals surface area contributed by atoms with Gasteiger partial charge in [-0.25, -0.2) is 0 Å². The first-order valence-corrected chi connectivity index (χ1v) is 11.0. The number of allylic oxidation sites excluding steroid dienone is 3. The number of benzene rings is 3. The zero-order valence-corrected chi connectivity index (χ0v) is 18.3. The van der Waals surface area contributed by atoms with E-state index in [0.29, 0.717) is 0 Å². The molecule has 0 amide bonds. The van der Waals surface area contributed by atoms with Gasteiger partial charge < -0.3 is 4.90 Å². The molecular formula is C28H26NS+. The molecule has 3 aromatic carbocycles. The molecule has 0 saturated carbocycles. The summed E-state index contributed by atoms with van der Waals surface area (Å²) in [6.45, 7) is 0. The highest BCUT2D eigenvalue weighted by Gasteiger charge is 2.16. The van der Waals surface area contributed by atoms with E-state index in [1.807, 2.05) is 11.3 Å². The summed E-state index contributed by atoms with van der Waals surface area (Å²) < 4.78 is 1.33. The van der Waals surface area contributed by atoms with Crippen LogP contribution in [-0.4, -0.2) is 14.1 Å². The molecule has 0 aliphatic heterocycles. The van der Waals surface area contributed by atoms with E-state index in [1.165, 1.54) is 37.3 Å². The lowest BCUT2D eigenvalue weighted by Gasteiger charge is -2.11. The minimum Gasteiger partial charge on any atom is -0.378 e. The Balaban J connectivity index is 1.53. The summed E-state index contributed by atoms with van der Waals surface area (Å²) in [4.78, 5) is 3.43. The predicted molar refractivity (Wildman–Crippen MR) is 134 cm³/mol. The number of anilines is 1. The van der Waals surface area contributed by atoms with Gasteiger partial charge in [-0.05, 0) is 47.9 Å². The molecule has 0 N–H and O–H groups in total. The molecule has 1 nitrogen and oxygen atoms in total. The smallest absolute Gasteiger partial charge is 0.239 e. The van der Waals surface area contributed by atoms with Gasteiger partial charge in [-0.3, -0.25) is 0 Å². The van der Waals surface area contributed by atoms with E-state index in [4.69, 9.17) is 0 Å². The summed E-state index contributed by atoms with van der Waals surface area (Å²) >= 11 is 1.86. The third kappa shape index (κ3) is 4.84. The Kier molecular flexibility index (Phi) is 6.36. The van der Waals surface area contributed by atoms with Crippen molar-refractivity contribution in [2.75, 3.05) is 19.0 Å². The third-order valence-corrected chi connectivity index (χ3v) is 6.25. The van der Waals surface area contributed by atoms with E-state index < -0.39 is 0 Å². The number of rotatable bonds is 6. The van der Waals surface area contributed by atoms with Crippen LogP contribution in [0.4, 0.5) is 5.69 Å². The lowest BCUT2D eigenvalue weighted by atomic mass is 10.1. The van der Waals surface area contributed by atoms with Gasteiger partial charge in [0.25, 0.3) is 0 Å². The standard InChI is InChI=1S/C28H26NS/c1-29(2)25-19-17-22(18-20-25)11-5-3-8-14-24-21-28(23-12-6-4-7-13-23)30-27-16-10-9-15-26(24)27/h3-13,15-21H,14H2,1-2H3/q+1/b8-3+,11-5+. The van der Waals surface area contributed by atoms with Gasteiger partial charge in [0, 0.05) is 42.9 Å². The Morgan fingerprint density at radius 1 is 0.800 bits per heavy atom. The molecule has 4 aromatic rings. The fourth-order valence-electron chi connectivity index (χ4n) is 3.44. The molecule has 0 aliphatic rings. The monoisotopic (exact) mass is 408 g/mol. The fraction of sp³-hybridized carbons (Fsp3) is 0.107. The maximum absolute atomic E-state index is 2.34. The second-order valence-corrected chi connectivity index (χ2v) is 8.56. The molecule has 0 aliphatic carbocycles. The lowest BCUT2D eigenvalue weighted by molar-refractivity contribution is 1.13. The highest BCUT2D eigenvalue weighted by molar-refractivity contribution is 7.21. The molecule has 30 heavy (non-hydrogen) atoms. The largest absolute Gasteiger partial charge is 0.378 e. The maximum Gasteiger partial charge on any atom is 0.239 e. The molecule has 148 valence electrons. The Morgan fingerprint density at radius 3 is 2.30 bits per heavy atom. The second kappa shape index (κ2) is 9.51. The summed E-state index contributed by atoms with van der Waals surface area (Å²) in [5.41, 5.74) is 5.07. The van der Waals surface area contributed by atoms with Gasteiger partial charge in [0.15, 0.2) is 0 Å². The van der Waals surface area contributed by atoms with Gasteiger partial charge in [0.2, 0.25) is 20.9 Å². The van der Waals surface area contributed by atoms with Crippen LogP contribution < -0.4 is 4.90 Å². The van der Waals surface area contributed by atoms with E-state index in [9.17, 15) is 0 Å². The van der Waals surface area contributed by atoms with Gasteiger partial charge in [-0.15, -0.1) is 0 Å². The molecule has 0 fully saturated rings. The van der Waals surface area contributed by atoms with Crippen molar-refractivity contribution < 1.29 is 0 Å². The summed E-state index contributed by atoms with van der Waals surface area (Å²) in [5.74, 6) is 0. The number of hydrogen-bond acceptors (Lipinski definition) is 1. The molecule has 2 heteroatoms. The van der Waals surface area contributed by atoms with Crippen LogP contribution in [-0.2, 0) is 6.42 Å². The number of hydrogen-bond donors (Lipinski definition) is 0. The normalized spacial score (nSPS) is 11.5. The topological polar surface area (TPSA) is 3.24 Å². The minimum absolute atomic E-state index is 0.914. The van der Waals surface area contributed by atoms with Crippen LogP contribution in [0.2, 0.25) is 0 Å². The Labute approximate surface area is 183 Å². The molecule has 0 radical (unpaired) electrons. The molecule has 0 bridgehead atoms. The van der Waals surface area contributed by atoms with Crippen molar-refractivity contribution in [3.8, 4) is 10.4 Å². The van der Waals surface area contributed by atoms with E-state index in [2.05, 4.69) is 128 Å². The first-order valence-electron chi connectivity index (χ1n) is 10.2. The van der Waals surface area contributed by atoms with Gasteiger partial charge in [-0.2, -0.15) is 0 Å². The second-order valence-electron chi connectivity index (χ2n) is 7.48. The average Bonchev–Trinajstić information content (AvgIpc) is 2.79. The minimum atomic E-state index is 0.914. The Hall–Kier alpha value is -3.23. The van der Waals surface area contributed by atoms with E-state index in [0.717, 1.165) is 6.42 Å². The highest BCUT2D eigenvalue weighted by Crippen LogP contribution is 2.33. The molecule has 0 atom stereocenters. The molecule has 0 saturated heterocycles. The zero-order valence-electron chi connectivity index (χ0n) is 17.5. The maximum atomic E-state index is 2.34. The average molecular weight is 409 g/mol. The van der Waals surface area contributed by atoms with Crippen LogP contribution in [0, 0.1) is 0 Å². The molecule has 1 aromatic heterocycles. The van der Waals surface area contributed by atoms with Crippen LogP contribution in [0.1, 0.15) is 11.1 Å². The first-order chi connectivity index (χ1) is 14.7. The van der Waals surface area contributed by atoms with Crippen molar-refractivity contribution in [1.82, 2.24) is 0 Å². The number of fused-ring (bicyclic) bond motifs is 1. The Bertz CT molecular complexity index is 1170. The SMILES string of the molecule is CN(C)c1ccc(/C=C/C=C/Cc2cc(-c3ccccc3)[s+]c3ccccc23)cc1. The summed E-state index contributed by atoms with van der Waals surface area (Å²) in [6, 6.07) is 30.3. The van der Waals surface area contributed by atoms with Crippen LogP contribution in [0.5, 0.6) is 0 Å². The fourth-order valence-corrected chi connectivity index (χ4v) is 4.59. The van der Waals surface area contributed by atoms with Crippen molar-refractivity contribution in [3.63, 3.8) is 0 Å². The lowest BCUT2D eigenvalue weighted by Crippen LogP contribution is -2.07. The third-order valence-electron chi connectivity index (χ3n) is 5.10. The van der Waals surface area contributed by atoms with Crippen molar-refractivity contribution >= 4 is 33.2 Å². The summed E-state index contributed by atoms with van der Waals surface area (Å²) in [7, 11) is 4.12. The predicted octanol–water partition coefficient (Wildman–Crippen LogP) is 7.73. The van der Waals surface area contributed by atoms with Gasteiger partial charge >= 0.3 is 0 Å². The molecule has 0 spiro atoms. The molecule has 0 unspecified atom stereocenters. The molecule has 4 rings (SSSR count). The molecule has 1 heterocycles. The van der Waals surface area contributed by atoms with Crippen LogP contribution in [0.15, 0.2) is 103 Å². The van der Waals surface area contributed by atoms with Crippen LogP contribution in [0.3, 0.4) is 0 Å². The Morgan fingerprint density at radius 2 is 1.53 bits per heavy atom. The van der Waals surface area contributed by atoms with Crippen molar-refractivity contribution in [2.24, 2.45) is 0 Å². The van der Waals surface area contributed by atoms with Crippen LogP contribution in [0.25, 0.3) is 26.6 Å². The number of nitrogens with zero attached hydrogens (tertiary/aromatic N) is 1. The van der Waals surface area contributed by atoms with E-state index in [1.54, 1.807) is 0 Å². The van der Waals surface area contributed by atoms with Gasteiger partial charge in [0.1, 0.15) is 0 Å². The van der Waals surface area contributed by atoms with Gasteiger partial charge in [-0.1, -0.05) is 66.8 Å². The van der Waals surface area contributed by atoms with Crippen molar-refractivity contribution in [3.05, 3.63) is 114 Å². The highest BCUT2D eigenvalue weighted by atomic mass is 32.1. The molecular weight excluding hydrogens is 382 g/mol. The van der Waals surface area contributed by atoms with E-state index >= 15 is 0 Å².